The van der Waals surface area contributed by atoms with Crippen molar-refractivity contribution in [2.45, 2.75) is 65.8 Å². The first-order chi connectivity index (χ1) is 22.2. The van der Waals surface area contributed by atoms with Gasteiger partial charge in [0.25, 0.3) is 5.69 Å². The molecule has 1 aliphatic rings. The van der Waals surface area contributed by atoms with Gasteiger partial charge in [0.15, 0.2) is 0 Å². The van der Waals surface area contributed by atoms with Crippen LogP contribution >= 0.6 is 0 Å². The Bertz CT molecular complexity index is 1580. The highest BCUT2D eigenvalue weighted by molar-refractivity contribution is 5.77. The van der Waals surface area contributed by atoms with E-state index in [1.165, 1.54) is 18.6 Å². The second kappa shape index (κ2) is 15.4. The van der Waals surface area contributed by atoms with Crippen LogP contribution in [0.2, 0.25) is 0 Å². The number of non-ortho nitro benzene ring substituents is 1. The maximum absolute atomic E-state index is 12.5. The molecule has 3 unspecified atom stereocenters. The molecule has 0 spiro atoms. The molecule has 12 nitrogen and oxygen atoms in total. The molecule has 5 rings (SSSR count). The van der Waals surface area contributed by atoms with Crippen molar-refractivity contribution in [3.8, 4) is 17.1 Å². The molecule has 242 valence electrons. The van der Waals surface area contributed by atoms with E-state index in [4.69, 9.17) is 9.47 Å². The first-order valence-electron chi connectivity index (χ1n) is 15.7. The van der Waals surface area contributed by atoms with Crippen molar-refractivity contribution in [1.29, 1.82) is 0 Å². The van der Waals surface area contributed by atoms with E-state index in [2.05, 4.69) is 52.0 Å². The van der Waals surface area contributed by atoms with Crippen molar-refractivity contribution in [2.24, 2.45) is 17.8 Å². The zero-order chi connectivity index (χ0) is 32.5. The van der Waals surface area contributed by atoms with Gasteiger partial charge in [-0.1, -0.05) is 63.6 Å². The highest BCUT2D eigenvalue weighted by Crippen LogP contribution is 2.35. The molecule has 1 saturated carbocycles. The second-order valence-corrected chi connectivity index (χ2v) is 12.3. The number of nitrogens with one attached hydrogen (secondary N) is 3. The van der Waals surface area contributed by atoms with Crippen molar-refractivity contribution in [3.05, 3.63) is 93.5 Å². The van der Waals surface area contributed by atoms with Crippen molar-refractivity contribution in [3.63, 3.8) is 0 Å². The van der Waals surface area contributed by atoms with E-state index >= 15 is 0 Å². The lowest BCUT2D eigenvalue weighted by atomic mass is 9.75. The van der Waals surface area contributed by atoms with Crippen LogP contribution in [0.25, 0.3) is 11.4 Å². The van der Waals surface area contributed by atoms with Gasteiger partial charge in [-0.15, -0.1) is 10.2 Å². The van der Waals surface area contributed by atoms with Crippen LogP contribution < -0.4 is 15.4 Å². The Hall–Kier alpha value is -4.84. The Morgan fingerprint density at radius 1 is 1.04 bits per heavy atom. The number of carbonyl (C=O) groups is 1. The molecule has 3 N–H and O–H groups in total. The highest BCUT2D eigenvalue weighted by atomic mass is 16.6. The Morgan fingerprint density at radius 2 is 1.80 bits per heavy atom. The number of ether oxygens (including phenoxy) is 2. The summed E-state index contributed by atoms with van der Waals surface area (Å²) in [6.45, 7) is 7.78. The molecule has 46 heavy (non-hydrogen) atoms. The predicted octanol–water partition coefficient (Wildman–Crippen LogP) is 6.06. The molecular weight excluding hydrogens is 586 g/mol. The van der Waals surface area contributed by atoms with Crippen LogP contribution in [0.4, 0.5) is 11.4 Å². The summed E-state index contributed by atoms with van der Waals surface area (Å²) in [5.74, 6) is 2.59. The topological polar surface area (TPSA) is 157 Å². The first kappa shape index (κ1) is 32.6. The van der Waals surface area contributed by atoms with Gasteiger partial charge in [-0.3, -0.25) is 14.9 Å². The maximum Gasteiger partial charge on any atom is 0.270 e. The average molecular weight is 628 g/mol. The fourth-order valence-corrected chi connectivity index (χ4v) is 5.83. The number of carbonyl (C=O) groups excluding carboxylic acids is 1. The van der Waals surface area contributed by atoms with Crippen LogP contribution in [0, 0.1) is 27.9 Å². The highest BCUT2D eigenvalue weighted by Gasteiger charge is 2.31. The zero-order valence-electron chi connectivity index (χ0n) is 26.4. The normalized spacial score (nSPS) is 17.9. The van der Waals surface area contributed by atoms with Crippen molar-refractivity contribution in [2.75, 3.05) is 11.9 Å². The van der Waals surface area contributed by atoms with Gasteiger partial charge in [-0.25, -0.2) is 0 Å². The van der Waals surface area contributed by atoms with Crippen LogP contribution in [-0.2, 0) is 29.2 Å². The number of hydrogen-bond donors (Lipinski definition) is 3. The van der Waals surface area contributed by atoms with Gasteiger partial charge < -0.3 is 20.1 Å². The number of hydrogen-bond acceptors (Lipinski definition) is 9. The lowest BCUT2D eigenvalue weighted by molar-refractivity contribution is -0.384. The third-order valence-corrected chi connectivity index (χ3v) is 8.52. The summed E-state index contributed by atoms with van der Waals surface area (Å²) >= 11 is 0. The van der Waals surface area contributed by atoms with E-state index in [0.29, 0.717) is 48.0 Å². The fourth-order valence-electron chi connectivity index (χ4n) is 5.83. The van der Waals surface area contributed by atoms with Gasteiger partial charge in [-0.2, -0.15) is 5.21 Å². The van der Waals surface area contributed by atoms with Crippen LogP contribution in [0.3, 0.4) is 0 Å². The number of H-pyrrole nitrogens is 1. The maximum atomic E-state index is 12.5. The number of aromatic nitrogens is 4. The Labute approximate surface area is 268 Å². The van der Waals surface area contributed by atoms with E-state index < -0.39 is 4.92 Å². The van der Waals surface area contributed by atoms with Crippen LogP contribution in [0.15, 0.2) is 66.7 Å². The third-order valence-electron chi connectivity index (χ3n) is 8.52. The van der Waals surface area contributed by atoms with E-state index in [0.717, 1.165) is 35.2 Å². The third kappa shape index (κ3) is 8.87. The zero-order valence-corrected chi connectivity index (χ0v) is 26.4. The number of benzene rings is 3. The van der Waals surface area contributed by atoms with Crippen LogP contribution in [0.1, 0.15) is 56.7 Å². The van der Waals surface area contributed by atoms with Gasteiger partial charge in [-0.05, 0) is 65.1 Å². The summed E-state index contributed by atoms with van der Waals surface area (Å²) in [5.41, 5.74) is 4.17. The lowest BCUT2D eigenvalue weighted by Gasteiger charge is -2.37. The number of nitro benzene ring substituents is 1. The van der Waals surface area contributed by atoms with Crippen molar-refractivity contribution in [1.82, 2.24) is 25.9 Å². The minimum Gasteiger partial charge on any atom is -0.489 e. The number of aromatic amines is 1. The first-order valence-corrected chi connectivity index (χ1v) is 15.7. The Morgan fingerprint density at radius 3 is 2.50 bits per heavy atom. The SMILES string of the molecule is CC1CCC(C(C)C)C(OCC(=O)NCc2ccc(NCc3cc([N+](=O)[O-])ccc3OCc3ccc(-c4nn[nH]n4)cc3)cc2)C1. The number of nitro groups is 1. The number of rotatable bonds is 14. The number of anilines is 1. The van der Waals surface area contributed by atoms with Crippen molar-refractivity contribution >= 4 is 17.3 Å². The number of nitrogens with zero attached hydrogens (tertiary/aromatic N) is 4. The van der Waals surface area contributed by atoms with E-state index in [-0.39, 0.29) is 30.9 Å². The van der Waals surface area contributed by atoms with E-state index in [9.17, 15) is 14.9 Å². The van der Waals surface area contributed by atoms with Crippen LogP contribution in [-0.4, -0.2) is 44.2 Å². The Kier molecular flexibility index (Phi) is 10.9. The molecule has 0 bridgehead atoms. The van der Waals surface area contributed by atoms with Gasteiger partial charge in [0.2, 0.25) is 11.7 Å². The van der Waals surface area contributed by atoms with Gasteiger partial charge in [0, 0.05) is 42.0 Å². The molecule has 0 aliphatic heterocycles. The minimum atomic E-state index is -0.420. The molecule has 1 fully saturated rings. The summed E-state index contributed by atoms with van der Waals surface area (Å²) in [7, 11) is 0. The standard InChI is InChI=1S/C34H41N7O5/c1-22(2)30-14-4-23(3)16-32(30)46-21-33(42)36-18-24-7-11-28(12-8-24)35-19-27-17-29(41(43)44)13-15-31(27)45-20-25-5-9-26(10-6-25)34-37-39-40-38-34/h5-13,15,17,22-23,30,32,35H,4,14,16,18-21H2,1-3H3,(H,36,42)(H,37,38,39,40). The largest absolute Gasteiger partial charge is 0.489 e. The summed E-state index contributed by atoms with van der Waals surface area (Å²) in [6.07, 6.45) is 3.51. The van der Waals surface area contributed by atoms with E-state index in [1.807, 2.05) is 48.5 Å². The minimum absolute atomic E-state index is 0.0126. The second-order valence-electron chi connectivity index (χ2n) is 12.3. The molecule has 12 heteroatoms. The summed E-state index contributed by atoms with van der Waals surface area (Å²) in [4.78, 5) is 23.6. The molecule has 1 aliphatic carbocycles. The molecule has 1 heterocycles. The Balaban J connectivity index is 1.12. The molecule has 1 aromatic heterocycles. The molecule has 3 aromatic carbocycles. The summed E-state index contributed by atoms with van der Waals surface area (Å²) in [5, 5.41) is 31.7. The molecular formula is C34H41N7O5. The predicted molar refractivity (Wildman–Crippen MR) is 174 cm³/mol. The summed E-state index contributed by atoms with van der Waals surface area (Å²) in [6, 6.07) is 19.8. The lowest BCUT2D eigenvalue weighted by Crippen LogP contribution is -2.37. The average Bonchev–Trinajstić information content (AvgIpc) is 3.60. The molecule has 0 saturated heterocycles. The molecule has 0 radical (unpaired) electrons. The number of tetrazole rings is 1. The van der Waals surface area contributed by atoms with Crippen molar-refractivity contribution < 1.29 is 19.2 Å². The smallest absolute Gasteiger partial charge is 0.270 e. The van der Waals surface area contributed by atoms with Gasteiger partial charge in [0.1, 0.15) is 19.0 Å². The monoisotopic (exact) mass is 627 g/mol. The van der Waals surface area contributed by atoms with Gasteiger partial charge >= 0.3 is 0 Å². The molecule has 3 atom stereocenters. The van der Waals surface area contributed by atoms with E-state index in [1.54, 1.807) is 6.07 Å². The molecule has 4 aromatic rings. The van der Waals surface area contributed by atoms with Crippen LogP contribution in [0.5, 0.6) is 5.75 Å². The quantitative estimate of drug-likeness (QED) is 0.112. The number of amides is 1. The fraction of sp³-hybridized carbons (Fsp3) is 0.412. The molecule has 1 amide bonds. The van der Waals surface area contributed by atoms with Gasteiger partial charge in [0.05, 0.1) is 11.0 Å². The summed E-state index contributed by atoms with van der Waals surface area (Å²) < 4.78 is 12.2.